The second kappa shape index (κ2) is 12.2. The van der Waals surface area contributed by atoms with E-state index in [1.807, 2.05) is 48.5 Å². The van der Waals surface area contributed by atoms with Crippen LogP contribution in [0, 0.1) is 0 Å². The van der Waals surface area contributed by atoms with Crippen LogP contribution in [0.25, 0.3) is 21.5 Å². The average molecular weight is 599 g/mol. The third-order valence-corrected chi connectivity index (χ3v) is 8.50. The molecule has 0 bridgehead atoms. The molecule has 0 saturated heterocycles. The van der Waals surface area contributed by atoms with Crippen molar-refractivity contribution in [3.8, 4) is 5.75 Å². The summed E-state index contributed by atoms with van der Waals surface area (Å²) in [4.78, 5) is 16.1. The Hall–Kier alpha value is -4.25. The van der Waals surface area contributed by atoms with Gasteiger partial charge in [0.05, 0.1) is 32.2 Å². The summed E-state index contributed by atoms with van der Waals surface area (Å²) in [7, 11) is -1.94. The van der Waals surface area contributed by atoms with Crippen LogP contribution in [0.15, 0.2) is 78.9 Å². The van der Waals surface area contributed by atoms with E-state index in [9.17, 15) is 13.2 Å². The maximum atomic E-state index is 13.8. The van der Waals surface area contributed by atoms with Crippen LogP contribution < -0.4 is 10.1 Å². The first-order valence-electron chi connectivity index (χ1n) is 14.3. The number of hydrogen-bond donors (Lipinski definition) is 1. The number of ether oxygens (including phenoxy) is 1. The van der Waals surface area contributed by atoms with Gasteiger partial charge in [-0.25, -0.2) is 0 Å². The molecule has 9 nitrogen and oxygen atoms in total. The fraction of sp³-hybridized carbons (Fsp3) is 0.273. The number of aromatic nitrogens is 2. The summed E-state index contributed by atoms with van der Waals surface area (Å²) in [6.45, 7) is 2.40. The van der Waals surface area contributed by atoms with E-state index in [2.05, 4.69) is 40.5 Å². The molecule has 1 aliphatic rings. The van der Waals surface area contributed by atoms with Gasteiger partial charge in [0.1, 0.15) is 11.4 Å². The average Bonchev–Trinajstić information content (AvgIpc) is 3.37. The molecule has 4 aromatic carbocycles. The monoisotopic (exact) mass is 598 g/mol. The van der Waals surface area contributed by atoms with Gasteiger partial charge in [0.25, 0.3) is 16.0 Å². The topological polar surface area (TPSA) is 103 Å². The van der Waals surface area contributed by atoms with Gasteiger partial charge in [-0.2, -0.15) is 13.5 Å². The molecule has 5 aromatic rings. The standard InChI is InChI=1S/C33H34N4O5S/c1-41-31-15-14-25(27-12-5-6-13-28(27)31)21-36-17-16-30-29(22-36)32(37(35-30)18-19-42-43(2,39)40)33(38)34-20-24-10-7-9-23-8-3-4-11-26(23)24/h3-15H,16-22H2,1-2H3,(H,34,38). The van der Waals surface area contributed by atoms with Crippen molar-refractivity contribution in [2.24, 2.45) is 0 Å². The van der Waals surface area contributed by atoms with Gasteiger partial charge in [-0.3, -0.25) is 18.6 Å². The second-order valence-electron chi connectivity index (χ2n) is 10.8. The van der Waals surface area contributed by atoms with Crippen molar-refractivity contribution in [1.82, 2.24) is 20.0 Å². The zero-order chi connectivity index (χ0) is 30.0. The Kier molecular flexibility index (Phi) is 8.16. The van der Waals surface area contributed by atoms with Gasteiger partial charge >= 0.3 is 0 Å². The maximum Gasteiger partial charge on any atom is 0.270 e. The molecule has 1 aromatic heterocycles. The van der Waals surface area contributed by atoms with Crippen LogP contribution in [0.1, 0.15) is 32.9 Å². The molecule has 222 valence electrons. The third-order valence-electron chi connectivity index (χ3n) is 7.90. The van der Waals surface area contributed by atoms with Crippen LogP contribution in [0.4, 0.5) is 0 Å². The first kappa shape index (κ1) is 28.9. The molecular weight excluding hydrogens is 564 g/mol. The number of nitrogens with zero attached hydrogens (tertiary/aromatic N) is 3. The molecule has 0 aliphatic carbocycles. The van der Waals surface area contributed by atoms with Crippen molar-refractivity contribution in [2.75, 3.05) is 26.5 Å². The highest BCUT2D eigenvalue weighted by atomic mass is 32.2. The Bertz CT molecular complexity index is 1910. The summed E-state index contributed by atoms with van der Waals surface area (Å²) in [5, 5.41) is 12.2. The van der Waals surface area contributed by atoms with Crippen LogP contribution in [-0.4, -0.2) is 55.5 Å². The third kappa shape index (κ3) is 6.27. The molecule has 1 N–H and O–H groups in total. The number of nitrogens with one attached hydrogen (secondary N) is 1. The number of carbonyl (C=O) groups excluding carboxylic acids is 1. The summed E-state index contributed by atoms with van der Waals surface area (Å²) < 4.78 is 35.4. The van der Waals surface area contributed by atoms with Gasteiger partial charge in [0, 0.05) is 43.5 Å². The van der Waals surface area contributed by atoms with E-state index >= 15 is 0 Å². The van der Waals surface area contributed by atoms with E-state index < -0.39 is 10.1 Å². The number of amides is 1. The number of fused-ring (bicyclic) bond motifs is 3. The van der Waals surface area contributed by atoms with Gasteiger partial charge in [-0.15, -0.1) is 0 Å². The SMILES string of the molecule is COc1ccc(CN2CCc3nn(CCOS(C)(=O)=O)c(C(=O)NCc4cccc5ccccc45)c3C2)c2ccccc12. The highest BCUT2D eigenvalue weighted by Gasteiger charge is 2.29. The molecule has 0 fully saturated rings. The summed E-state index contributed by atoms with van der Waals surface area (Å²) in [5.74, 6) is 0.584. The molecule has 2 heterocycles. The quantitative estimate of drug-likeness (QED) is 0.233. The van der Waals surface area contributed by atoms with E-state index in [0.717, 1.165) is 56.9 Å². The lowest BCUT2D eigenvalue weighted by atomic mass is 10.0. The summed E-state index contributed by atoms with van der Waals surface area (Å²) >= 11 is 0. The Morgan fingerprint density at radius 2 is 1.67 bits per heavy atom. The number of rotatable bonds is 10. The minimum Gasteiger partial charge on any atom is -0.496 e. The Labute approximate surface area is 251 Å². The van der Waals surface area contributed by atoms with Gasteiger partial charge in [-0.05, 0) is 33.4 Å². The van der Waals surface area contributed by atoms with Crippen molar-refractivity contribution in [1.29, 1.82) is 0 Å². The maximum absolute atomic E-state index is 13.8. The number of methoxy groups -OCH3 is 1. The molecular formula is C33H34N4O5S. The van der Waals surface area contributed by atoms with Crippen molar-refractivity contribution >= 4 is 37.6 Å². The van der Waals surface area contributed by atoms with Gasteiger partial charge < -0.3 is 10.1 Å². The van der Waals surface area contributed by atoms with Crippen LogP contribution in [-0.2, 0) is 46.9 Å². The number of hydrogen-bond acceptors (Lipinski definition) is 7. The molecule has 0 saturated carbocycles. The van der Waals surface area contributed by atoms with Gasteiger partial charge in [-0.1, -0.05) is 72.8 Å². The molecule has 6 rings (SSSR count). The zero-order valence-electron chi connectivity index (χ0n) is 24.2. The van der Waals surface area contributed by atoms with Crippen LogP contribution in [0.2, 0.25) is 0 Å². The van der Waals surface area contributed by atoms with Crippen LogP contribution >= 0.6 is 0 Å². The molecule has 0 spiro atoms. The second-order valence-corrected chi connectivity index (χ2v) is 12.4. The van der Waals surface area contributed by atoms with E-state index in [1.165, 1.54) is 5.56 Å². The summed E-state index contributed by atoms with van der Waals surface area (Å²) in [5.41, 5.74) is 4.34. The van der Waals surface area contributed by atoms with Crippen LogP contribution in [0.5, 0.6) is 5.75 Å². The highest BCUT2D eigenvalue weighted by Crippen LogP contribution is 2.31. The fourth-order valence-electron chi connectivity index (χ4n) is 5.90. The van der Waals surface area contributed by atoms with E-state index in [4.69, 9.17) is 14.0 Å². The largest absolute Gasteiger partial charge is 0.496 e. The van der Waals surface area contributed by atoms with Crippen LogP contribution in [0.3, 0.4) is 0 Å². The Balaban J connectivity index is 1.27. The van der Waals surface area contributed by atoms with Crippen molar-refractivity contribution < 1.29 is 22.1 Å². The molecule has 0 unspecified atom stereocenters. The van der Waals surface area contributed by atoms with Crippen molar-refractivity contribution in [2.45, 2.75) is 32.6 Å². The summed E-state index contributed by atoms with van der Waals surface area (Å²) in [6, 6.07) is 26.4. The highest BCUT2D eigenvalue weighted by molar-refractivity contribution is 7.85. The zero-order valence-corrected chi connectivity index (χ0v) is 25.1. The van der Waals surface area contributed by atoms with Crippen molar-refractivity contribution in [3.63, 3.8) is 0 Å². The predicted molar refractivity (Wildman–Crippen MR) is 166 cm³/mol. The lowest BCUT2D eigenvalue weighted by molar-refractivity contribution is 0.0936. The molecule has 43 heavy (non-hydrogen) atoms. The smallest absolute Gasteiger partial charge is 0.270 e. The molecule has 1 amide bonds. The summed E-state index contributed by atoms with van der Waals surface area (Å²) in [6.07, 6.45) is 1.69. The molecule has 0 radical (unpaired) electrons. The lowest BCUT2D eigenvalue weighted by Gasteiger charge is -2.27. The predicted octanol–water partition coefficient (Wildman–Crippen LogP) is 4.66. The number of benzene rings is 4. The number of carbonyl (C=O) groups is 1. The lowest BCUT2D eigenvalue weighted by Crippen LogP contribution is -2.32. The normalized spacial score (nSPS) is 13.7. The van der Waals surface area contributed by atoms with Gasteiger partial charge in [0.15, 0.2) is 0 Å². The minimum atomic E-state index is -3.62. The van der Waals surface area contributed by atoms with E-state index in [1.54, 1.807) is 11.8 Å². The van der Waals surface area contributed by atoms with Crippen molar-refractivity contribution in [3.05, 3.63) is 107 Å². The van der Waals surface area contributed by atoms with E-state index in [0.29, 0.717) is 31.7 Å². The first-order chi connectivity index (χ1) is 20.8. The first-order valence-corrected chi connectivity index (χ1v) is 16.1. The Morgan fingerprint density at radius 3 is 2.47 bits per heavy atom. The fourth-order valence-corrected chi connectivity index (χ4v) is 6.28. The molecule has 1 aliphatic heterocycles. The minimum absolute atomic E-state index is 0.107. The molecule has 0 atom stereocenters. The van der Waals surface area contributed by atoms with E-state index in [-0.39, 0.29) is 19.1 Å². The Morgan fingerprint density at radius 1 is 0.930 bits per heavy atom. The molecule has 10 heteroatoms. The van der Waals surface area contributed by atoms with Gasteiger partial charge in [0.2, 0.25) is 0 Å².